The predicted octanol–water partition coefficient (Wildman–Crippen LogP) is 0.347. The third-order valence-corrected chi connectivity index (χ3v) is 5.72. The first-order chi connectivity index (χ1) is 12.2. The van der Waals surface area contributed by atoms with Gasteiger partial charge in [0.05, 0.1) is 17.9 Å². The van der Waals surface area contributed by atoms with E-state index in [-0.39, 0.29) is 48.2 Å². The molecule has 0 spiro atoms. The van der Waals surface area contributed by atoms with E-state index in [0.29, 0.717) is 12.3 Å². The van der Waals surface area contributed by atoms with Crippen LogP contribution in [0.2, 0.25) is 0 Å². The molecular weight excluding hydrogens is 358 g/mol. The van der Waals surface area contributed by atoms with Crippen molar-refractivity contribution < 1.29 is 22.7 Å². The SMILES string of the molecule is COc1ccc(S(=O)(=O)NCCNC(=O)C2CC(=O)N(C(C)C)C2)cc1. The Morgan fingerprint density at radius 3 is 2.46 bits per heavy atom. The van der Waals surface area contributed by atoms with Crippen LogP contribution >= 0.6 is 0 Å². The Morgan fingerprint density at radius 2 is 1.92 bits per heavy atom. The van der Waals surface area contributed by atoms with E-state index in [0.717, 1.165) is 0 Å². The number of hydrogen-bond acceptors (Lipinski definition) is 5. The van der Waals surface area contributed by atoms with Crippen LogP contribution < -0.4 is 14.8 Å². The monoisotopic (exact) mass is 383 g/mol. The zero-order valence-corrected chi connectivity index (χ0v) is 16.0. The molecule has 144 valence electrons. The fraction of sp³-hybridized carbons (Fsp3) is 0.529. The van der Waals surface area contributed by atoms with Crippen LogP contribution in [0.4, 0.5) is 0 Å². The third-order valence-electron chi connectivity index (χ3n) is 4.24. The second kappa shape index (κ2) is 8.50. The summed E-state index contributed by atoms with van der Waals surface area (Å²) in [4.78, 5) is 25.8. The number of methoxy groups -OCH3 is 1. The van der Waals surface area contributed by atoms with Gasteiger partial charge in [0.25, 0.3) is 0 Å². The van der Waals surface area contributed by atoms with E-state index in [4.69, 9.17) is 4.74 Å². The normalized spacial score (nSPS) is 17.6. The molecule has 1 heterocycles. The average Bonchev–Trinajstić information content (AvgIpc) is 3.01. The molecule has 2 N–H and O–H groups in total. The van der Waals surface area contributed by atoms with Gasteiger partial charge in [-0.2, -0.15) is 0 Å². The van der Waals surface area contributed by atoms with Gasteiger partial charge in [0.15, 0.2) is 0 Å². The van der Waals surface area contributed by atoms with Gasteiger partial charge < -0.3 is 15.0 Å². The molecule has 8 nitrogen and oxygen atoms in total. The highest BCUT2D eigenvalue weighted by atomic mass is 32.2. The van der Waals surface area contributed by atoms with Gasteiger partial charge >= 0.3 is 0 Å². The first-order valence-corrected chi connectivity index (χ1v) is 9.94. The Hall–Kier alpha value is -2.13. The minimum atomic E-state index is -3.65. The van der Waals surface area contributed by atoms with Crippen LogP contribution in [0.3, 0.4) is 0 Å². The van der Waals surface area contributed by atoms with E-state index in [1.54, 1.807) is 17.0 Å². The smallest absolute Gasteiger partial charge is 0.240 e. The maximum absolute atomic E-state index is 12.2. The van der Waals surface area contributed by atoms with Crippen LogP contribution in [0, 0.1) is 5.92 Å². The second-order valence-corrected chi connectivity index (χ2v) is 8.17. The summed E-state index contributed by atoms with van der Waals surface area (Å²) in [5, 5.41) is 2.68. The number of sulfonamides is 1. The van der Waals surface area contributed by atoms with Crippen molar-refractivity contribution in [2.24, 2.45) is 5.92 Å². The number of benzene rings is 1. The Balaban J connectivity index is 1.79. The molecule has 0 bridgehead atoms. The summed E-state index contributed by atoms with van der Waals surface area (Å²) >= 11 is 0. The molecule has 1 aliphatic rings. The Kier molecular flexibility index (Phi) is 6.60. The lowest BCUT2D eigenvalue weighted by molar-refractivity contribution is -0.129. The fourth-order valence-corrected chi connectivity index (χ4v) is 3.79. The zero-order valence-electron chi connectivity index (χ0n) is 15.2. The number of nitrogens with one attached hydrogen (secondary N) is 2. The highest BCUT2D eigenvalue weighted by Gasteiger charge is 2.35. The molecule has 1 aromatic carbocycles. The maximum atomic E-state index is 12.2. The van der Waals surface area contributed by atoms with Crippen molar-refractivity contribution in [3.05, 3.63) is 24.3 Å². The Labute approximate surface area is 153 Å². The lowest BCUT2D eigenvalue weighted by Gasteiger charge is -2.20. The molecular formula is C17H25N3O5S. The van der Waals surface area contributed by atoms with Crippen LogP contribution in [0.25, 0.3) is 0 Å². The third kappa shape index (κ3) is 4.95. The quantitative estimate of drug-likeness (QED) is 0.630. The van der Waals surface area contributed by atoms with Gasteiger partial charge in [-0.25, -0.2) is 13.1 Å². The molecule has 1 atom stereocenters. The van der Waals surface area contributed by atoms with Crippen LogP contribution in [0.15, 0.2) is 29.2 Å². The maximum Gasteiger partial charge on any atom is 0.240 e. The number of likely N-dealkylation sites (tertiary alicyclic amines) is 1. The number of ether oxygens (including phenoxy) is 1. The summed E-state index contributed by atoms with van der Waals surface area (Å²) in [7, 11) is -2.15. The van der Waals surface area contributed by atoms with Gasteiger partial charge in [0.1, 0.15) is 5.75 Å². The average molecular weight is 383 g/mol. The highest BCUT2D eigenvalue weighted by Crippen LogP contribution is 2.20. The van der Waals surface area contributed by atoms with Gasteiger partial charge in [-0.1, -0.05) is 0 Å². The van der Waals surface area contributed by atoms with Gasteiger partial charge in [0, 0.05) is 32.1 Å². The topological polar surface area (TPSA) is 105 Å². The summed E-state index contributed by atoms with van der Waals surface area (Å²) in [5.41, 5.74) is 0. The van der Waals surface area contributed by atoms with Gasteiger partial charge in [-0.05, 0) is 38.1 Å². The largest absolute Gasteiger partial charge is 0.497 e. The molecule has 2 amide bonds. The number of carbonyl (C=O) groups is 2. The summed E-state index contributed by atoms with van der Waals surface area (Å²) in [6.07, 6.45) is 0.196. The van der Waals surface area contributed by atoms with E-state index in [9.17, 15) is 18.0 Å². The minimum Gasteiger partial charge on any atom is -0.497 e. The molecule has 1 unspecified atom stereocenters. The first kappa shape index (κ1) is 20.2. The van der Waals surface area contributed by atoms with Crippen molar-refractivity contribution in [3.8, 4) is 5.75 Å². The zero-order chi connectivity index (χ0) is 19.3. The van der Waals surface area contributed by atoms with Gasteiger partial charge in [-0.15, -0.1) is 0 Å². The minimum absolute atomic E-state index is 0.0274. The fourth-order valence-electron chi connectivity index (χ4n) is 2.76. The summed E-state index contributed by atoms with van der Waals surface area (Å²) in [5.74, 6) is -0.0774. The summed E-state index contributed by atoms with van der Waals surface area (Å²) < 4.78 is 31.8. The molecule has 1 aliphatic heterocycles. The van der Waals surface area contributed by atoms with E-state index >= 15 is 0 Å². The number of carbonyl (C=O) groups excluding carboxylic acids is 2. The summed E-state index contributed by atoms with van der Waals surface area (Å²) in [6.45, 7) is 4.44. The van der Waals surface area contributed by atoms with E-state index in [1.165, 1.54) is 19.2 Å². The van der Waals surface area contributed by atoms with Gasteiger partial charge in [0.2, 0.25) is 21.8 Å². The van der Waals surface area contributed by atoms with Crippen LogP contribution in [-0.2, 0) is 19.6 Å². The molecule has 1 saturated heterocycles. The molecule has 1 aromatic rings. The summed E-state index contributed by atoms with van der Waals surface area (Å²) in [6, 6.07) is 6.09. The van der Waals surface area contributed by atoms with Crippen molar-refractivity contribution >= 4 is 21.8 Å². The van der Waals surface area contributed by atoms with E-state index in [2.05, 4.69) is 10.0 Å². The Bertz CT molecular complexity index is 746. The number of amides is 2. The highest BCUT2D eigenvalue weighted by molar-refractivity contribution is 7.89. The second-order valence-electron chi connectivity index (χ2n) is 6.41. The standard InChI is InChI=1S/C17H25N3O5S/c1-12(2)20-11-13(10-16(20)21)17(22)18-8-9-19-26(23,24)15-6-4-14(25-3)5-7-15/h4-7,12-13,19H,8-11H2,1-3H3,(H,18,22). The molecule has 26 heavy (non-hydrogen) atoms. The molecule has 0 aromatic heterocycles. The lowest BCUT2D eigenvalue weighted by atomic mass is 10.1. The molecule has 0 radical (unpaired) electrons. The van der Waals surface area contributed by atoms with Crippen LogP contribution in [0.1, 0.15) is 20.3 Å². The van der Waals surface area contributed by atoms with Crippen molar-refractivity contribution in [1.29, 1.82) is 0 Å². The van der Waals surface area contributed by atoms with Crippen molar-refractivity contribution in [1.82, 2.24) is 14.9 Å². The van der Waals surface area contributed by atoms with E-state index < -0.39 is 10.0 Å². The number of hydrogen-bond donors (Lipinski definition) is 2. The van der Waals surface area contributed by atoms with Crippen molar-refractivity contribution in [2.45, 2.75) is 31.2 Å². The first-order valence-electron chi connectivity index (χ1n) is 8.45. The molecule has 0 aliphatic carbocycles. The van der Waals surface area contributed by atoms with E-state index in [1.807, 2.05) is 13.8 Å². The molecule has 2 rings (SSSR count). The van der Waals surface area contributed by atoms with Crippen molar-refractivity contribution in [2.75, 3.05) is 26.7 Å². The van der Waals surface area contributed by atoms with Gasteiger partial charge in [-0.3, -0.25) is 9.59 Å². The van der Waals surface area contributed by atoms with Crippen LogP contribution in [0.5, 0.6) is 5.75 Å². The van der Waals surface area contributed by atoms with Crippen LogP contribution in [-0.4, -0.2) is 57.9 Å². The Morgan fingerprint density at radius 1 is 1.27 bits per heavy atom. The van der Waals surface area contributed by atoms with Crippen molar-refractivity contribution in [3.63, 3.8) is 0 Å². The number of rotatable bonds is 8. The molecule has 0 saturated carbocycles. The predicted molar refractivity (Wildman–Crippen MR) is 96.1 cm³/mol. The molecule has 1 fully saturated rings. The lowest BCUT2D eigenvalue weighted by Crippen LogP contribution is -2.39. The number of nitrogens with zero attached hydrogens (tertiary/aromatic N) is 1. The molecule has 9 heteroatoms.